The number of hydrogen-bond acceptors (Lipinski definition) is 3. The minimum Gasteiger partial charge on any atom is -0.389 e. The predicted molar refractivity (Wildman–Crippen MR) is 87.9 cm³/mol. The number of hydrogen-bond donors (Lipinski definition) is 1. The van der Waals surface area contributed by atoms with Gasteiger partial charge in [-0.1, -0.05) is 31.4 Å². The van der Waals surface area contributed by atoms with Gasteiger partial charge >= 0.3 is 0 Å². The van der Waals surface area contributed by atoms with Gasteiger partial charge in [0.15, 0.2) is 0 Å². The third-order valence-corrected chi connectivity index (χ3v) is 5.30. The van der Waals surface area contributed by atoms with Crippen LogP contribution in [0.15, 0.2) is 29.2 Å². The molecule has 0 saturated heterocycles. The average Bonchev–Trinajstić information content (AvgIpc) is 2.48. The summed E-state index contributed by atoms with van der Waals surface area (Å²) in [6, 6.07) is 7.46. The summed E-state index contributed by atoms with van der Waals surface area (Å²) in [5, 5.41) is 10.5. The second kappa shape index (κ2) is 7.38. The largest absolute Gasteiger partial charge is 0.389 e. The van der Waals surface area contributed by atoms with E-state index in [0.717, 1.165) is 42.6 Å². The smallest absolute Gasteiger partial charge is 0.225 e. The second-order valence-corrected chi connectivity index (χ2v) is 7.69. The van der Waals surface area contributed by atoms with Crippen LogP contribution in [0.4, 0.5) is 0 Å². The van der Waals surface area contributed by atoms with Crippen molar-refractivity contribution in [3.63, 3.8) is 0 Å². The van der Waals surface area contributed by atoms with Gasteiger partial charge in [-0.15, -0.1) is 0 Å². The molecule has 22 heavy (non-hydrogen) atoms. The van der Waals surface area contributed by atoms with Crippen LogP contribution in [0.5, 0.6) is 0 Å². The quantitative estimate of drug-likeness (QED) is 0.905. The number of rotatable bonds is 5. The Morgan fingerprint density at radius 3 is 2.36 bits per heavy atom. The summed E-state index contributed by atoms with van der Waals surface area (Å²) in [5.74, 6) is -0.0208. The molecule has 4 nitrogen and oxygen atoms in total. The van der Waals surface area contributed by atoms with Crippen LogP contribution >= 0.6 is 0 Å². The lowest BCUT2D eigenvalue weighted by Crippen LogP contribution is -2.39. The maximum Gasteiger partial charge on any atom is 0.225 e. The van der Waals surface area contributed by atoms with E-state index in [1.807, 2.05) is 24.3 Å². The van der Waals surface area contributed by atoms with E-state index in [1.54, 1.807) is 18.2 Å². The minimum absolute atomic E-state index is 0.0208. The average molecular weight is 323 g/mol. The molecule has 1 N–H and O–H groups in total. The number of benzene rings is 1. The molecule has 0 radical (unpaired) electrons. The third kappa shape index (κ3) is 4.65. The maximum atomic E-state index is 12.3. The molecular formula is C17H25NO3S. The molecule has 1 unspecified atom stereocenters. The van der Waals surface area contributed by atoms with E-state index >= 15 is 0 Å². The van der Waals surface area contributed by atoms with Crippen LogP contribution in [0, 0.1) is 0 Å². The zero-order valence-corrected chi connectivity index (χ0v) is 14.2. The van der Waals surface area contributed by atoms with E-state index in [-0.39, 0.29) is 12.3 Å². The van der Waals surface area contributed by atoms with Crippen LogP contribution in [-0.2, 0) is 22.1 Å². The van der Waals surface area contributed by atoms with E-state index in [9.17, 15) is 14.1 Å². The molecule has 0 aliphatic heterocycles. The summed E-state index contributed by atoms with van der Waals surface area (Å²) in [6.07, 6.45) is 6.47. The van der Waals surface area contributed by atoms with E-state index in [1.165, 1.54) is 0 Å². The van der Waals surface area contributed by atoms with E-state index in [4.69, 9.17) is 0 Å². The molecule has 0 heterocycles. The molecule has 5 heteroatoms. The van der Waals surface area contributed by atoms with E-state index in [0.29, 0.717) is 6.54 Å². The topological polar surface area (TPSA) is 57.6 Å². The summed E-state index contributed by atoms with van der Waals surface area (Å²) in [7, 11) is 0.781. The first-order chi connectivity index (χ1) is 10.4. The summed E-state index contributed by atoms with van der Waals surface area (Å²) < 4.78 is 11.4. The van der Waals surface area contributed by atoms with Gasteiger partial charge in [0.25, 0.3) is 0 Å². The number of nitrogens with zero attached hydrogens (tertiary/aromatic N) is 1. The van der Waals surface area contributed by atoms with Gasteiger partial charge in [0, 0.05) is 35.5 Å². The molecule has 122 valence electrons. The van der Waals surface area contributed by atoms with Gasteiger partial charge in [0.05, 0.1) is 12.0 Å². The van der Waals surface area contributed by atoms with Crippen LogP contribution in [0.1, 0.15) is 44.1 Å². The van der Waals surface area contributed by atoms with Crippen molar-refractivity contribution >= 4 is 16.7 Å². The first-order valence-corrected chi connectivity index (χ1v) is 9.34. The Labute approximate surface area is 135 Å². The number of carbonyl (C=O) groups excluding carboxylic acids is 1. The molecule has 1 fully saturated rings. The van der Waals surface area contributed by atoms with Gasteiger partial charge < -0.3 is 10.0 Å². The summed E-state index contributed by atoms with van der Waals surface area (Å²) in [6.45, 7) is 0.505. The zero-order valence-electron chi connectivity index (χ0n) is 13.4. The van der Waals surface area contributed by atoms with Crippen molar-refractivity contribution in [2.24, 2.45) is 0 Å². The monoisotopic (exact) mass is 323 g/mol. The van der Waals surface area contributed by atoms with Crippen molar-refractivity contribution in [2.45, 2.75) is 55.6 Å². The van der Waals surface area contributed by atoms with Crippen LogP contribution in [0.25, 0.3) is 0 Å². The summed E-state index contributed by atoms with van der Waals surface area (Å²) in [5.41, 5.74) is 0.188. The molecule has 2 rings (SSSR count). The van der Waals surface area contributed by atoms with Crippen LogP contribution in [0.3, 0.4) is 0 Å². The van der Waals surface area contributed by atoms with E-state index < -0.39 is 16.4 Å². The normalized spacial score (nSPS) is 18.7. The molecule has 1 aromatic carbocycles. The van der Waals surface area contributed by atoms with Crippen molar-refractivity contribution < 1.29 is 14.1 Å². The summed E-state index contributed by atoms with van der Waals surface area (Å²) >= 11 is 0. The molecule has 1 aromatic rings. The highest BCUT2D eigenvalue weighted by molar-refractivity contribution is 7.84. The van der Waals surface area contributed by atoms with Crippen LogP contribution in [-0.4, -0.2) is 39.0 Å². The zero-order chi connectivity index (χ0) is 16.2. The predicted octanol–water partition coefficient (Wildman–Crippen LogP) is 2.47. The van der Waals surface area contributed by atoms with Crippen molar-refractivity contribution in [1.29, 1.82) is 0 Å². The highest BCUT2D eigenvalue weighted by atomic mass is 32.2. The highest BCUT2D eigenvalue weighted by Crippen LogP contribution is 2.31. The third-order valence-electron chi connectivity index (χ3n) is 4.37. The first-order valence-electron chi connectivity index (χ1n) is 7.78. The fraction of sp³-hybridized carbons (Fsp3) is 0.588. The van der Waals surface area contributed by atoms with Gasteiger partial charge in [-0.25, -0.2) is 0 Å². The molecule has 1 saturated carbocycles. The lowest BCUT2D eigenvalue weighted by atomic mass is 9.82. The van der Waals surface area contributed by atoms with Crippen molar-refractivity contribution in [3.8, 4) is 0 Å². The van der Waals surface area contributed by atoms with Gasteiger partial charge in [-0.2, -0.15) is 0 Å². The Hall–Kier alpha value is -1.20. The minimum atomic E-state index is -0.983. The van der Waals surface area contributed by atoms with Crippen LogP contribution < -0.4 is 0 Å². The molecule has 1 aliphatic rings. The fourth-order valence-electron chi connectivity index (χ4n) is 2.95. The number of aliphatic hydroxyl groups is 1. The Kier molecular flexibility index (Phi) is 5.75. The van der Waals surface area contributed by atoms with Gasteiger partial charge in [0.1, 0.15) is 0 Å². The maximum absolute atomic E-state index is 12.3. The molecule has 0 bridgehead atoms. The molecular weight excluding hydrogens is 298 g/mol. The SMILES string of the molecule is CN(Cc1ccc(S(C)=O)cc1)C(=O)CC1(O)CCCCC1. The molecule has 1 amide bonds. The van der Waals surface area contributed by atoms with Gasteiger partial charge in [0.2, 0.25) is 5.91 Å². The fourth-order valence-corrected chi connectivity index (χ4v) is 3.47. The summed E-state index contributed by atoms with van der Waals surface area (Å²) in [4.78, 5) is 14.8. The lowest BCUT2D eigenvalue weighted by Gasteiger charge is -2.32. The first kappa shape index (κ1) is 17.2. The second-order valence-electron chi connectivity index (χ2n) is 6.31. The Morgan fingerprint density at radius 2 is 1.82 bits per heavy atom. The number of amides is 1. The number of carbonyl (C=O) groups is 1. The molecule has 0 aromatic heterocycles. The highest BCUT2D eigenvalue weighted by Gasteiger charge is 2.32. The standard InChI is InChI=1S/C17H25NO3S/c1-18(13-14-6-8-15(9-7-14)22(2)21)16(19)12-17(20)10-4-3-5-11-17/h6-9,20H,3-5,10-13H2,1-2H3. The van der Waals surface area contributed by atoms with Gasteiger partial charge in [-0.05, 0) is 30.5 Å². The Bertz CT molecular complexity index is 535. The van der Waals surface area contributed by atoms with Gasteiger partial charge in [-0.3, -0.25) is 9.00 Å². The molecule has 1 atom stereocenters. The van der Waals surface area contributed by atoms with Crippen molar-refractivity contribution in [1.82, 2.24) is 4.90 Å². The van der Waals surface area contributed by atoms with Crippen molar-refractivity contribution in [2.75, 3.05) is 13.3 Å². The van der Waals surface area contributed by atoms with Crippen molar-refractivity contribution in [3.05, 3.63) is 29.8 Å². The van der Waals surface area contributed by atoms with Crippen LogP contribution in [0.2, 0.25) is 0 Å². The molecule has 0 spiro atoms. The molecule has 1 aliphatic carbocycles. The Morgan fingerprint density at radius 1 is 1.23 bits per heavy atom. The Balaban J connectivity index is 1.91. The van der Waals surface area contributed by atoms with E-state index in [2.05, 4.69) is 0 Å². The lowest BCUT2D eigenvalue weighted by molar-refractivity contribution is -0.137.